The van der Waals surface area contributed by atoms with Crippen molar-refractivity contribution in [2.45, 2.75) is 6.42 Å². The Labute approximate surface area is 59.8 Å². The van der Waals surface area contributed by atoms with Crippen LogP contribution in [-0.4, -0.2) is 15.7 Å². The Morgan fingerprint density at radius 3 is 3.00 bits per heavy atom. The SMILES string of the molecule is SCCc1ccncn1. The lowest BCUT2D eigenvalue weighted by atomic mass is 10.3. The highest BCUT2D eigenvalue weighted by Gasteiger charge is 1.87. The molecule has 9 heavy (non-hydrogen) atoms. The van der Waals surface area contributed by atoms with E-state index in [9.17, 15) is 0 Å². The van der Waals surface area contributed by atoms with Gasteiger partial charge >= 0.3 is 0 Å². The lowest BCUT2D eigenvalue weighted by Gasteiger charge is -1.91. The van der Waals surface area contributed by atoms with Crippen LogP contribution in [0.5, 0.6) is 0 Å². The fourth-order valence-corrected chi connectivity index (χ4v) is 0.810. The molecular formula is C6H8N2S. The Hall–Kier alpha value is -0.570. The molecule has 0 N–H and O–H groups in total. The van der Waals surface area contributed by atoms with Crippen molar-refractivity contribution in [1.29, 1.82) is 0 Å². The topological polar surface area (TPSA) is 25.8 Å². The van der Waals surface area contributed by atoms with Crippen LogP contribution in [-0.2, 0) is 6.42 Å². The van der Waals surface area contributed by atoms with E-state index in [0.717, 1.165) is 17.9 Å². The van der Waals surface area contributed by atoms with Gasteiger partial charge < -0.3 is 0 Å². The molecule has 1 aromatic rings. The molecule has 0 amide bonds. The summed E-state index contributed by atoms with van der Waals surface area (Å²) in [6.45, 7) is 0. The van der Waals surface area contributed by atoms with E-state index in [0.29, 0.717) is 0 Å². The van der Waals surface area contributed by atoms with E-state index >= 15 is 0 Å². The van der Waals surface area contributed by atoms with Crippen molar-refractivity contribution in [3.63, 3.8) is 0 Å². The van der Waals surface area contributed by atoms with E-state index in [4.69, 9.17) is 0 Å². The summed E-state index contributed by atoms with van der Waals surface area (Å²) >= 11 is 4.07. The lowest BCUT2D eigenvalue weighted by molar-refractivity contribution is 1.01. The van der Waals surface area contributed by atoms with Crippen LogP contribution in [0.2, 0.25) is 0 Å². The zero-order valence-electron chi connectivity index (χ0n) is 4.99. The molecule has 48 valence electrons. The molecule has 0 aliphatic carbocycles. The summed E-state index contributed by atoms with van der Waals surface area (Å²) in [6, 6.07) is 1.90. The van der Waals surface area contributed by atoms with E-state index in [2.05, 4.69) is 22.6 Å². The van der Waals surface area contributed by atoms with Crippen molar-refractivity contribution in [3.8, 4) is 0 Å². The number of rotatable bonds is 2. The predicted molar refractivity (Wildman–Crippen MR) is 39.6 cm³/mol. The minimum atomic E-state index is 0.844. The minimum absolute atomic E-state index is 0.844. The monoisotopic (exact) mass is 140 g/mol. The summed E-state index contributed by atoms with van der Waals surface area (Å²) in [5, 5.41) is 0. The zero-order chi connectivity index (χ0) is 6.53. The van der Waals surface area contributed by atoms with Crippen molar-refractivity contribution in [2.75, 3.05) is 5.75 Å². The van der Waals surface area contributed by atoms with Gasteiger partial charge in [-0.25, -0.2) is 9.97 Å². The van der Waals surface area contributed by atoms with E-state index in [1.807, 2.05) is 6.07 Å². The predicted octanol–water partition coefficient (Wildman–Crippen LogP) is 0.949. The third-order valence-electron chi connectivity index (χ3n) is 1.01. The summed E-state index contributed by atoms with van der Waals surface area (Å²) in [5.74, 6) is 0.844. The summed E-state index contributed by atoms with van der Waals surface area (Å²) in [5.41, 5.74) is 1.06. The number of thiol groups is 1. The first-order chi connectivity index (χ1) is 4.43. The maximum absolute atomic E-state index is 4.07. The summed E-state index contributed by atoms with van der Waals surface area (Å²) in [4.78, 5) is 7.80. The molecule has 1 heterocycles. The second-order valence-corrected chi connectivity index (χ2v) is 2.12. The van der Waals surface area contributed by atoms with Crippen LogP contribution in [0, 0.1) is 0 Å². The highest BCUT2D eigenvalue weighted by Crippen LogP contribution is 1.92. The van der Waals surface area contributed by atoms with Gasteiger partial charge in [-0.2, -0.15) is 12.6 Å². The maximum Gasteiger partial charge on any atom is 0.115 e. The molecule has 0 radical (unpaired) electrons. The highest BCUT2D eigenvalue weighted by atomic mass is 32.1. The number of aromatic nitrogens is 2. The molecule has 0 atom stereocenters. The first kappa shape index (κ1) is 6.55. The van der Waals surface area contributed by atoms with Crippen LogP contribution in [0.1, 0.15) is 5.69 Å². The van der Waals surface area contributed by atoms with Gasteiger partial charge in [0.1, 0.15) is 6.33 Å². The number of hydrogen-bond donors (Lipinski definition) is 1. The molecule has 0 bridgehead atoms. The molecule has 0 aliphatic rings. The molecular weight excluding hydrogens is 132 g/mol. The average molecular weight is 140 g/mol. The van der Waals surface area contributed by atoms with E-state index in [-0.39, 0.29) is 0 Å². The molecule has 0 unspecified atom stereocenters. The number of nitrogens with zero attached hydrogens (tertiary/aromatic N) is 2. The van der Waals surface area contributed by atoms with Crippen molar-refractivity contribution in [2.24, 2.45) is 0 Å². The molecule has 3 heteroatoms. The second-order valence-electron chi connectivity index (χ2n) is 1.67. The fraction of sp³-hybridized carbons (Fsp3) is 0.333. The van der Waals surface area contributed by atoms with Crippen LogP contribution in [0.4, 0.5) is 0 Å². The standard InChI is InChI=1S/C6H8N2S/c9-4-2-6-1-3-7-5-8-6/h1,3,5,9H,2,4H2. The Morgan fingerprint density at radius 2 is 2.44 bits per heavy atom. The van der Waals surface area contributed by atoms with Gasteiger partial charge in [-0.05, 0) is 18.2 Å². The first-order valence-corrected chi connectivity index (χ1v) is 3.42. The second kappa shape index (κ2) is 3.45. The van der Waals surface area contributed by atoms with E-state index < -0.39 is 0 Å². The lowest BCUT2D eigenvalue weighted by Crippen LogP contribution is -1.89. The molecule has 0 fully saturated rings. The quantitative estimate of drug-likeness (QED) is 0.619. The molecule has 0 aromatic carbocycles. The van der Waals surface area contributed by atoms with Gasteiger partial charge in [-0.15, -0.1) is 0 Å². The molecule has 1 rings (SSSR count). The highest BCUT2D eigenvalue weighted by molar-refractivity contribution is 7.80. The Balaban J connectivity index is 2.61. The molecule has 0 spiro atoms. The van der Waals surface area contributed by atoms with E-state index in [1.54, 1.807) is 12.5 Å². The van der Waals surface area contributed by atoms with Gasteiger partial charge in [0.2, 0.25) is 0 Å². The van der Waals surface area contributed by atoms with Crippen molar-refractivity contribution in [1.82, 2.24) is 9.97 Å². The van der Waals surface area contributed by atoms with Gasteiger partial charge in [0, 0.05) is 11.9 Å². The number of aryl methyl sites for hydroxylation is 1. The third-order valence-corrected chi connectivity index (χ3v) is 1.23. The molecule has 0 saturated heterocycles. The van der Waals surface area contributed by atoms with Gasteiger partial charge in [-0.1, -0.05) is 0 Å². The third kappa shape index (κ3) is 2.01. The van der Waals surface area contributed by atoms with Crippen LogP contribution in [0.25, 0.3) is 0 Å². The van der Waals surface area contributed by atoms with Crippen LogP contribution in [0.15, 0.2) is 18.6 Å². The van der Waals surface area contributed by atoms with Crippen LogP contribution >= 0.6 is 12.6 Å². The number of hydrogen-bond acceptors (Lipinski definition) is 3. The molecule has 1 aromatic heterocycles. The molecule has 0 saturated carbocycles. The van der Waals surface area contributed by atoms with Gasteiger partial charge in [-0.3, -0.25) is 0 Å². The normalized spacial score (nSPS) is 9.44. The fourth-order valence-electron chi connectivity index (χ4n) is 0.581. The Kier molecular flexibility index (Phi) is 2.51. The van der Waals surface area contributed by atoms with Gasteiger partial charge in [0.25, 0.3) is 0 Å². The summed E-state index contributed by atoms with van der Waals surface area (Å²) in [7, 11) is 0. The Morgan fingerprint density at radius 1 is 1.56 bits per heavy atom. The largest absolute Gasteiger partial charge is 0.245 e. The first-order valence-electron chi connectivity index (χ1n) is 2.79. The van der Waals surface area contributed by atoms with Gasteiger partial charge in [0.15, 0.2) is 0 Å². The van der Waals surface area contributed by atoms with Crippen molar-refractivity contribution < 1.29 is 0 Å². The van der Waals surface area contributed by atoms with Crippen molar-refractivity contribution >= 4 is 12.6 Å². The summed E-state index contributed by atoms with van der Waals surface area (Å²) < 4.78 is 0. The molecule has 2 nitrogen and oxygen atoms in total. The van der Waals surface area contributed by atoms with Crippen molar-refractivity contribution in [3.05, 3.63) is 24.3 Å². The minimum Gasteiger partial charge on any atom is -0.245 e. The summed E-state index contributed by atoms with van der Waals surface area (Å²) in [6.07, 6.45) is 4.22. The smallest absolute Gasteiger partial charge is 0.115 e. The van der Waals surface area contributed by atoms with Crippen LogP contribution < -0.4 is 0 Å². The Bertz CT molecular complexity index is 164. The average Bonchev–Trinajstić information content (AvgIpc) is 1.91. The molecule has 0 aliphatic heterocycles. The maximum atomic E-state index is 4.07. The van der Waals surface area contributed by atoms with E-state index in [1.165, 1.54) is 0 Å². The van der Waals surface area contributed by atoms with Gasteiger partial charge in [0.05, 0.1) is 0 Å². The zero-order valence-corrected chi connectivity index (χ0v) is 5.88. The van der Waals surface area contributed by atoms with Crippen LogP contribution in [0.3, 0.4) is 0 Å².